The van der Waals surface area contributed by atoms with Crippen molar-refractivity contribution >= 4 is 27.0 Å². The molecule has 1 saturated heterocycles. The van der Waals surface area contributed by atoms with E-state index in [1.807, 2.05) is 6.07 Å². The summed E-state index contributed by atoms with van der Waals surface area (Å²) in [6.07, 6.45) is 2.14. The molecule has 18 heavy (non-hydrogen) atoms. The Morgan fingerprint density at radius 3 is 2.33 bits per heavy atom. The number of hydrogen-bond acceptors (Lipinski definition) is 4. The minimum absolute atomic E-state index is 0.218. The molecule has 1 aliphatic heterocycles. The predicted octanol–water partition coefficient (Wildman–Crippen LogP) is 0.166. The van der Waals surface area contributed by atoms with E-state index in [0.29, 0.717) is 4.86 Å². The Morgan fingerprint density at radius 1 is 1.33 bits per heavy atom. The molecule has 3 N–H and O–H groups in total. The van der Waals surface area contributed by atoms with Crippen LogP contribution >= 0.6 is 10.5 Å². The molecule has 1 heterocycles. The second kappa shape index (κ2) is 6.66. The number of hydrogen-bond donors (Lipinski definition) is 2. The van der Waals surface area contributed by atoms with Gasteiger partial charge in [-0.05, 0) is 38.2 Å². The Kier molecular flexibility index (Phi) is 5.51. The predicted molar refractivity (Wildman–Crippen MR) is 73.4 cm³/mol. The minimum Gasteiger partial charge on any atom is -0.345 e. The number of Topliss-reactive ketones (excluding diaryl/α,β-unsaturated/α-hetero) is 1. The first-order chi connectivity index (χ1) is 8.47. The van der Waals surface area contributed by atoms with Crippen LogP contribution in [0.2, 0.25) is 0 Å². The average molecular weight is 269 g/mol. The lowest BCUT2D eigenvalue weighted by Gasteiger charge is -2.15. The Morgan fingerprint density at radius 2 is 1.89 bits per heavy atom. The first kappa shape index (κ1) is 14.9. The van der Waals surface area contributed by atoms with Crippen LogP contribution < -0.4 is 11.1 Å². The van der Waals surface area contributed by atoms with E-state index in [9.17, 15) is 9.59 Å². The van der Waals surface area contributed by atoms with E-state index in [1.54, 1.807) is 13.8 Å². The molecule has 5 nitrogen and oxygen atoms in total. The van der Waals surface area contributed by atoms with Gasteiger partial charge in [-0.1, -0.05) is 0 Å². The normalized spacial score (nSPS) is 18.8. The Labute approximate surface area is 110 Å². The third kappa shape index (κ3) is 3.65. The van der Waals surface area contributed by atoms with E-state index >= 15 is 0 Å². The quantitative estimate of drug-likeness (QED) is 0.711. The lowest BCUT2D eigenvalue weighted by molar-refractivity contribution is -0.125. The van der Waals surface area contributed by atoms with Gasteiger partial charge in [0.25, 0.3) is 0 Å². The van der Waals surface area contributed by atoms with Crippen LogP contribution in [0.5, 0.6) is 0 Å². The number of rotatable bonds is 4. The molecule has 0 radical (unpaired) electrons. The molecule has 0 bridgehead atoms. The summed E-state index contributed by atoms with van der Waals surface area (Å²) in [5.41, 5.74) is 5.42. The number of amides is 1. The second-order valence-corrected chi connectivity index (χ2v) is 6.64. The lowest BCUT2D eigenvalue weighted by Crippen LogP contribution is -2.47. The summed E-state index contributed by atoms with van der Waals surface area (Å²) in [4.78, 5) is 23.8. The van der Waals surface area contributed by atoms with Gasteiger partial charge in [-0.15, -0.1) is 0 Å². The van der Waals surface area contributed by atoms with Crippen LogP contribution in [-0.4, -0.2) is 40.1 Å². The van der Waals surface area contributed by atoms with Crippen molar-refractivity contribution in [3.8, 4) is 6.07 Å². The van der Waals surface area contributed by atoms with Crippen molar-refractivity contribution in [2.24, 2.45) is 5.73 Å². The molecule has 0 unspecified atom stereocenters. The summed E-state index contributed by atoms with van der Waals surface area (Å²) in [5, 5.41) is 11.6. The standard InChI is InChI=1S/C12H19N3O2S/c1-8(14)12(17)15-9(2)11(16)10(7-13)18-5-3-4-6-18/h8-9H,3-6,14H2,1-2H3,(H,15,17)/t8-,9+/m1/s1. The Balaban J connectivity index is 2.77. The molecule has 0 aliphatic carbocycles. The molecule has 0 spiro atoms. The third-order valence-corrected chi connectivity index (χ3v) is 5.24. The molecular weight excluding hydrogens is 250 g/mol. The van der Waals surface area contributed by atoms with Crippen molar-refractivity contribution in [3.63, 3.8) is 0 Å². The van der Waals surface area contributed by atoms with E-state index in [0.717, 1.165) is 24.3 Å². The largest absolute Gasteiger partial charge is 0.345 e. The van der Waals surface area contributed by atoms with Crippen LogP contribution in [0, 0.1) is 11.3 Å². The number of nitrogens with two attached hydrogens (primary N) is 1. The van der Waals surface area contributed by atoms with Gasteiger partial charge in [0.05, 0.1) is 12.1 Å². The van der Waals surface area contributed by atoms with Crippen LogP contribution in [0.25, 0.3) is 0 Å². The van der Waals surface area contributed by atoms with Gasteiger partial charge in [-0.3, -0.25) is 9.59 Å². The summed E-state index contributed by atoms with van der Waals surface area (Å²) >= 11 is 0. The minimum atomic E-state index is -0.675. The van der Waals surface area contributed by atoms with E-state index < -0.39 is 12.1 Å². The van der Waals surface area contributed by atoms with Gasteiger partial charge in [-0.2, -0.15) is 15.7 Å². The van der Waals surface area contributed by atoms with Gasteiger partial charge >= 0.3 is 0 Å². The van der Waals surface area contributed by atoms with Crippen molar-refractivity contribution in [1.29, 1.82) is 5.26 Å². The summed E-state index contributed by atoms with van der Waals surface area (Å²) in [5.74, 6) is 1.20. The molecule has 1 amide bonds. The summed E-state index contributed by atoms with van der Waals surface area (Å²) in [6, 6.07) is 0.696. The highest BCUT2D eigenvalue weighted by molar-refractivity contribution is 8.17. The molecule has 1 aliphatic rings. The highest BCUT2D eigenvalue weighted by Gasteiger charge is 2.24. The summed E-state index contributed by atoms with van der Waals surface area (Å²) in [7, 11) is -0.218. The molecule has 0 aromatic rings. The van der Waals surface area contributed by atoms with Crippen molar-refractivity contribution in [1.82, 2.24) is 5.32 Å². The summed E-state index contributed by atoms with van der Waals surface area (Å²) in [6.45, 7) is 3.15. The zero-order valence-electron chi connectivity index (χ0n) is 10.7. The lowest BCUT2D eigenvalue weighted by atomic mass is 10.1. The van der Waals surface area contributed by atoms with Gasteiger partial charge in [-0.25, -0.2) is 0 Å². The van der Waals surface area contributed by atoms with Gasteiger partial charge in [0.2, 0.25) is 11.7 Å². The fourth-order valence-corrected chi connectivity index (χ4v) is 4.04. The number of carbonyl (C=O) groups excluding carboxylic acids is 2. The SMILES string of the molecule is C[C@H](NC(=O)[C@@H](C)N)C(=O)C(C#N)=S1CCCC1. The maximum Gasteiger partial charge on any atom is 0.237 e. The third-order valence-electron chi connectivity index (χ3n) is 2.81. The molecule has 6 heteroatoms. The van der Waals surface area contributed by atoms with Crippen molar-refractivity contribution in [2.45, 2.75) is 38.8 Å². The molecule has 2 atom stereocenters. The van der Waals surface area contributed by atoms with Crippen LogP contribution in [0.1, 0.15) is 26.7 Å². The van der Waals surface area contributed by atoms with E-state index in [2.05, 4.69) is 5.32 Å². The van der Waals surface area contributed by atoms with Crippen molar-refractivity contribution in [3.05, 3.63) is 0 Å². The number of nitrogens with zero attached hydrogens (tertiary/aromatic N) is 1. The van der Waals surface area contributed by atoms with Crippen molar-refractivity contribution < 1.29 is 9.59 Å². The molecular formula is C12H19N3O2S. The van der Waals surface area contributed by atoms with Gasteiger partial charge in [0, 0.05) is 0 Å². The van der Waals surface area contributed by atoms with Crippen LogP contribution in [0.15, 0.2) is 0 Å². The maximum absolute atomic E-state index is 12.1. The van der Waals surface area contributed by atoms with E-state index in [4.69, 9.17) is 11.0 Å². The molecule has 100 valence electrons. The fraction of sp³-hybridized carbons (Fsp3) is 0.667. The molecule has 1 rings (SSSR count). The average Bonchev–Trinajstić information content (AvgIpc) is 2.83. The fourth-order valence-electron chi connectivity index (χ4n) is 1.73. The smallest absolute Gasteiger partial charge is 0.237 e. The van der Waals surface area contributed by atoms with Gasteiger partial charge in [0.15, 0.2) is 0 Å². The number of nitriles is 1. The molecule has 0 saturated carbocycles. The number of carbonyl (C=O) groups is 2. The van der Waals surface area contributed by atoms with Crippen LogP contribution in [-0.2, 0) is 9.59 Å². The first-order valence-electron chi connectivity index (χ1n) is 6.02. The van der Waals surface area contributed by atoms with Gasteiger partial charge < -0.3 is 11.1 Å². The van der Waals surface area contributed by atoms with Crippen molar-refractivity contribution in [2.75, 3.05) is 11.5 Å². The maximum atomic E-state index is 12.1. The van der Waals surface area contributed by atoms with Gasteiger partial charge in [0.1, 0.15) is 10.9 Å². The summed E-state index contributed by atoms with van der Waals surface area (Å²) < 4.78 is 0. The van der Waals surface area contributed by atoms with Crippen LogP contribution in [0.3, 0.4) is 0 Å². The Hall–Kier alpha value is -1.19. The molecule has 1 fully saturated rings. The molecule has 0 aromatic carbocycles. The zero-order chi connectivity index (χ0) is 13.7. The highest BCUT2D eigenvalue weighted by atomic mass is 32.2. The molecule has 0 aromatic heterocycles. The van der Waals surface area contributed by atoms with E-state index in [1.165, 1.54) is 0 Å². The topological polar surface area (TPSA) is 96.0 Å². The van der Waals surface area contributed by atoms with E-state index in [-0.39, 0.29) is 22.2 Å². The Bertz CT molecular complexity index is 416. The van der Waals surface area contributed by atoms with Crippen LogP contribution in [0.4, 0.5) is 0 Å². The second-order valence-electron chi connectivity index (χ2n) is 4.43. The number of ketones is 1. The first-order valence-corrected chi connectivity index (χ1v) is 7.58. The number of nitrogens with one attached hydrogen (secondary N) is 1. The monoisotopic (exact) mass is 269 g/mol. The highest BCUT2D eigenvalue weighted by Crippen LogP contribution is 2.27. The zero-order valence-corrected chi connectivity index (χ0v) is 11.5.